The molecule has 110 valence electrons. The molecule has 0 unspecified atom stereocenters. The normalized spacial score (nSPS) is 22.3. The van der Waals surface area contributed by atoms with Gasteiger partial charge in [-0.3, -0.25) is 9.59 Å². The first-order valence-corrected chi connectivity index (χ1v) is 7.55. The Bertz CT molecular complexity index is 624. The van der Waals surface area contributed by atoms with Gasteiger partial charge in [-0.25, -0.2) is 0 Å². The third kappa shape index (κ3) is 2.69. The number of thiophene rings is 1. The maximum absolute atomic E-state index is 12.5. The number of piperidine rings is 1. The summed E-state index contributed by atoms with van der Waals surface area (Å²) < 4.78 is 4.71. The Morgan fingerprint density at radius 3 is 3.05 bits per heavy atom. The molecule has 1 N–H and O–H groups in total. The number of carbonyl (C=O) groups excluding carboxylic acids is 2. The van der Waals surface area contributed by atoms with E-state index in [2.05, 4.69) is 10.5 Å². The van der Waals surface area contributed by atoms with E-state index < -0.39 is 0 Å². The van der Waals surface area contributed by atoms with Gasteiger partial charge in [0.1, 0.15) is 6.26 Å². The van der Waals surface area contributed by atoms with E-state index in [1.54, 1.807) is 29.4 Å². The Labute approximate surface area is 125 Å². The molecule has 1 aliphatic rings. The number of nitrogens with one attached hydrogen (secondary N) is 1. The molecule has 2 amide bonds. The first kappa shape index (κ1) is 13.8. The van der Waals surface area contributed by atoms with Gasteiger partial charge in [0.2, 0.25) is 11.8 Å². The summed E-state index contributed by atoms with van der Waals surface area (Å²) in [5.74, 6) is 0.0352. The van der Waals surface area contributed by atoms with Crippen LogP contribution >= 0.6 is 11.3 Å². The van der Waals surface area contributed by atoms with E-state index >= 15 is 0 Å². The minimum atomic E-state index is -0.289. The predicted molar refractivity (Wildman–Crippen MR) is 77.7 cm³/mol. The fourth-order valence-electron chi connectivity index (χ4n) is 2.66. The van der Waals surface area contributed by atoms with Crippen LogP contribution in [0.5, 0.6) is 0 Å². The number of nitrogens with zero attached hydrogens (tertiary/aromatic N) is 2. The standard InChI is InChI=1S/C14H15N3O3S/c1-17-12(18)5-4-9(13(17)10-3-2-8-21-10)14(19)15-11-6-7-20-16-11/h2-3,6-9,13H,4-5H2,1H3,(H,15,16,19)/t9-,13-/m1/s1. The van der Waals surface area contributed by atoms with Crippen LogP contribution in [0.4, 0.5) is 5.82 Å². The zero-order valence-electron chi connectivity index (χ0n) is 11.5. The third-order valence-electron chi connectivity index (χ3n) is 3.72. The van der Waals surface area contributed by atoms with E-state index in [4.69, 9.17) is 4.52 Å². The highest BCUT2D eigenvalue weighted by molar-refractivity contribution is 7.10. The van der Waals surface area contributed by atoms with E-state index in [-0.39, 0.29) is 23.8 Å². The molecular weight excluding hydrogens is 290 g/mol. The molecule has 7 heteroatoms. The Morgan fingerprint density at radius 1 is 1.52 bits per heavy atom. The van der Waals surface area contributed by atoms with Crippen molar-refractivity contribution in [3.63, 3.8) is 0 Å². The molecule has 0 aromatic carbocycles. The lowest BCUT2D eigenvalue weighted by Gasteiger charge is -2.37. The summed E-state index contributed by atoms with van der Waals surface area (Å²) in [4.78, 5) is 27.1. The summed E-state index contributed by atoms with van der Waals surface area (Å²) in [5.41, 5.74) is 0. The molecule has 0 saturated carbocycles. The van der Waals surface area contributed by atoms with E-state index in [9.17, 15) is 9.59 Å². The Balaban J connectivity index is 1.84. The van der Waals surface area contributed by atoms with Gasteiger partial charge in [-0.1, -0.05) is 11.2 Å². The molecule has 3 heterocycles. The van der Waals surface area contributed by atoms with Crippen molar-refractivity contribution in [1.29, 1.82) is 0 Å². The maximum atomic E-state index is 12.5. The summed E-state index contributed by atoms with van der Waals surface area (Å²) in [5, 5.41) is 8.38. The lowest BCUT2D eigenvalue weighted by atomic mass is 9.87. The molecule has 2 atom stereocenters. The molecule has 2 aromatic heterocycles. The molecule has 0 bridgehead atoms. The lowest BCUT2D eigenvalue weighted by molar-refractivity contribution is -0.140. The average Bonchev–Trinajstić information content (AvgIpc) is 3.14. The van der Waals surface area contributed by atoms with Crippen molar-refractivity contribution in [2.75, 3.05) is 12.4 Å². The van der Waals surface area contributed by atoms with Crippen LogP contribution in [0.15, 0.2) is 34.4 Å². The van der Waals surface area contributed by atoms with Crippen LogP contribution in [0.2, 0.25) is 0 Å². The molecule has 21 heavy (non-hydrogen) atoms. The largest absolute Gasteiger partial charge is 0.363 e. The van der Waals surface area contributed by atoms with Crippen LogP contribution in [-0.4, -0.2) is 28.9 Å². The summed E-state index contributed by atoms with van der Waals surface area (Å²) in [6.45, 7) is 0. The second kappa shape index (κ2) is 5.69. The van der Waals surface area contributed by atoms with Crippen molar-refractivity contribution < 1.29 is 14.1 Å². The second-order valence-electron chi connectivity index (χ2n) is 4.98. The molecule has 1 aliphatic heterocycles. The van der Waals surface area contributed by atoms with E-state index in [1.165, 1.54) is 6.26 Å². The average molecular weight is 305 g/mol. The van der Waals surface area contributed by atoms with Crippen LogP contribution in [0, 0.1) is 5.92 Å². The predicted octanol–water partition coefficient (Wildman–Crippen LogP) is 2.28. The van der Waals surface area contributed by atoms with Crippen molar-refractivity contribution in [3.8, 4) is 0 Å². The number of anilines is 1. The van der Waals surface area contributed by atoms with Crippen LogP contribution in [0.1, 0.15) is 23.8 Å². The Kier molecular flexibility index (Phi) is 3.74. The fraction of sp³-hybridized carbons (Fsp3) is 0.357. The van der Waals surface area contributed by atoms with Crippen LogP contribution in [0.3, 0.4) is 0 Å². The van der Waals surface area contributed by atoms with Crippen molar-refractivity contribution in [1.82, 2.24) is 10.1 Å². The van der Waals surface area contributed by atoms with E-state index in [1.807, 2.05) is 17.5 Å². The minimum absolute atomic E-state index is 0.0684. The van der Waals surface area contributed by atoms with Gasteiger partial charge >= 0.3 is 0 Å². The maximum Gasteiger partial charge on any atom is 0.231 e. The monoisotopic (exact) mass is 305 g/mol. The van der Waals surface area contributed by atoms with Gasteiger partial charge in [0.25, 0.3) is 0 Å². The third-order valence-corrected chi connectivity index (χ3v) is 4.66. The van der Waals surface area contributed by atoms with Crippen LogP contribution in [0.25, 0.3) is 0 Å². The summed E-state index contributed by atoms with van der Waals surface area (Å²) in [6, 6.07) is 5.26. The molecular formula is C14H15N3O3S. The highest BCUT2D eigenvalue weighted by Crippen LogP contribution is 2.38. The van der Waals surface area contributed by atoms with Crippen LogP contribution < -0.4 is 5.32 Å². The van der Waals surface area contributed by atoms with E-state index in [0.29, 0.717) is 18.7 Å². The highest BCUT2D eigenvalue weighted by Gasteiger charge is 2.39. The van der Waals surface area contributed by atoms with Gasteiger partial charge in [-0.2, -0.15) is 0 Å². The molecule has 6 nitrogen and oxygen atoms in total. The zero-order chi connectivity index (χ0) is 14.8. The molecule has 0 spiro atoms. The number of hydrogen-bond donors (Lipinski definition) is 1. The first-order chi connectivity index (χ1) is 10.2. The van der Waals surface area contributed by atoms with E-state index in [0.717, 1.165) is 4.88 Å². The van der Waals surface area contributed by atoms with Crippen molar-refractivity contribution in [2.24, 2.45) is 5.92 Å². The number of carbonyl (C=O) groups is 2. The zero-order valence-corrected chi connectivity index (χ0v) is 12.3. The number of hydrogen-bond acceptors (Lipinski definition) is 5. The number of amides is 2. The van der Waals surface area contributed by atoms with Crippen molar-refractivity contribution in [2.45, 2.75) is 18.9 Å². The molecule has 0 aliphatic carbocycles. The summed E-state index contributed by atoms with van der Waals surface area (Å²) in [7, 11) is 1.75. The van der Waals surface area contributed by atoms with Crippen molar-refractivity contribution in [3.05, 3.63) is 34.7 Å². The van der Waals surface area contributed by atoms with Gasteiger partial charge in [0.15, 0.2) is 5.82 Å². The van der Waals surface area contributed by atoms with Gasteiger partial charge in [0.05, 0.1) is 12.0 Å². The molecule has 3 rings (SSSR count). The molecule has 1 fully saturated rings. The second-order valence-corrected chi connectivity index (χ2v) is 5.96. The lowest BCUT2D eigenvalue weighted by Crippen LogP contribution is -2.44. The number of rotatable bonds is 3. The highest BCUT2D eigenvalue weighted by atomic mass is 32.1. The van der Waals surface area contributed by atoms with Gasteiger partial charge in [-0.05, 0) is 17.9 Å². The Morgan fingerprint density at radius 2 is 2.38 bits per heavy atom. The minimum Gasteiger partial charge on any atom is -0.363 e. The van der Waals surface area contributed by atoms with Gasteiger partial charge in [0, 0.05) is 24.4 Å². The quantitative estimate of drug-likeness (QED) is 0.944. The number of aromatic nitrogens is 1. The smallest absolute Gasteiger partial charge is 0.231 e. The van der Waals surface area contributed by atoms with Gasteiger partial charge in [-0.15, -0.1) is 11.3 Å². The summed E-state index contributed by atoms with van der Waals surface area (Å²) >= 11 is 1.56. The molecule has 2 aromatic rings. The van der Waals surface area contributed by atoms with Crippen LogP contribution in [-0.2, 0) is 9.59 Å². The summed E-state index contributed by atoms with van der Waals surface area (Å²) in [6.07, 6.45) is 2.33. The fourth-order valence-corrected chi connectivity index (χ4v) is 3.59. The Hall–Kier alpha value is -2.15. The topological polar surface area (TPSA) is 75.4 Å². The van der Waals surface area contributed by atoms with Gasteiger partial charge < -0.3 is 14.7 Å². The molecule has 0 radical (unpaired) electrons. The SMILES string of the molecule is CN1C(=O)CC[C@@H](C(=O)Nc2ccon2)[C@@H]1c1cccs1. The first-order valence-electron chi connectivity index (χ1n) is 6.67. The van der Waals surface area contributed by atoms with Crippen molar-refractivity contribution >= 4 is 29.0 Å². The number of likely N-dealkylation sites (tertiary alicyclic amines) is 1. The molecule has 1 saturated heterocycles.